The first-order valence-electron chi connectivity index (χ1n) is 6.95. The number of benzene rings is 1. The summed E-state index contributed by atoms with van der Waals surface area (Å²) < 4.78 is 5.71. The lowest BCUT2D eigenvalue weighted by atomic mass is 10.1. The van der Waals surface area contributed by atoms with Crippen molar-refractivity contribution in [2.75, 3.05) is 18.5 Å². The Balaban J connectivity index is 2.35. The molecule has 1 aromatic carbocycles. The van der Waals surface area contributed by atoms with Crippen LogP contribution in [0.4, 0.5) is 5.69 Å². The zero-order valence-corrected chi connectivity index (χ0v) is 12.5. The molecule has 0 aliphatic carbocycles. The first kappa shape index (κ1) is 15.1. The van der Waals surface area contributed by atoms with E-state index in [4.69, 9.17) is 9.84 Å². The van der Waals surface area contributed by atoms with Crippen molar-refractivity contribution in [3.8, 4) is 5.75 Å². The SMILES string of the molecule is CC(C)Oc1ccc2nccc(N(C)CCC(=O)O)c2c1. The van der Waals surface area contributed by atoms with E-state index in [1.54, 1.807) is 6.20 Å². The van der Waals surface area contributed by atoms with Crippen LogP contribution >= 0.6 is 0 Å². The fourth-order valence-electron chi connectivity index (χ4n) is 2.17. The van der Waals surface area contributed by atoms with Crippen LogP contribution < -0.4 is 9.64 Å². The van der Waals surface area contributed by atoms with Gasteiger partial charge in [0.2, 0.25) is 0 Å². The molecule has 2 rings (SSSR count). The van der Waals surface area contributed by atoms with Crippen LogP contribution in [0.15, 0.2) is 30.5 Å². The molecule has 0 aliphatic heterocycles. The van der Waals surface area contributed by atoms with Crippen molar-refractivity contribution in [1.29, 1.82) is 0 Å². The number of nitrogens with zero attached hydrogens (tertiary/aromatic N) is 2. The van der Waals surface area contributed by atoms with E-state index in [2.05, 4.69) is 4.98 Å². The van der Waals surface area contributed by atoms with Gasteiger partial charge in [0.25, 0.3) is 0 Å². The summed E-state index contributed by atoms with van der Waals surface area (Å²) in [6.07, 6.45) is 1.94. The number of aromatic nitrogens is 1. The van der Waals surface area contributed by atoms with Gasteiger partial charge in [-0.1, -0.05) is 0 Å². The van der Waals surface area contributed by atoms with Gasteiger partial charge < -0.3 is 14.7 Å². The average Bonchev–Trinajstić information content (AvgIpc) is 2.43. The van der Waals surface area contributed by atoms with E-state index in [0.29, 0.717) is 6.54 Å². The minimum atomic E-state index is -0.802. The van der Waals surface area contributed by atoms with Gasteiger partial charge in [-0.15, -0.1) is 0 Å². The van der Waals surface area contributed by atoms with E-state index in [-0.39, 0.29) is 12.5 Å². The molecule has 21 heavy (non-hydrogen) atoms. The number of hydrogen-bond acceptors (Lipinski definition) is 4. The van der Waals surface area contributed by atoms with E-state index >= 15 is 0 Å². The highest BCUT2D eigenvalue weighted by Crippen LogP contribution is 2.28. The standard InChI is InChI=1S/C16H20N2O3/c1-11(2)21-12-4-5-14-13(10-12)15(6-8-17-14)18(3)9-7-16(19)20/h4-6,8,10-11H,7,9H2,1-3H3,(H,19,20). The van der Waals surface area contributed by atoms with Gasteiger partial charge in [0.05, 0.1) is 18.0 Å². The minimum absolute atomic E-state index is 0.0997. The molecule has 5 nitrogen and oxygen atoms in total. The van der Waals surface area contributed by atoms with E-state index in [1.807, 2.05) is 50.1 Å². The highest BCUT2D eigenvalue weighted by molar-refractivity contribution is 5.92. The second kappa shape index (κ2) is 6.43. The number of carboxylic acid groups (broad SMARTS) is 1. The Kier molecular flexibility index (Phi) is 4.62. The number of hydrogen-bond donors (Lipinski definition) is 1. The highest BCUT2D eigenvalue weighted by Gasteiger charge is 2.10. The number of aliphatic carboxylic acids is 1. The van der Waals surface area contributed by atoms with Crippen LogP contribution in [0.3, 0.4) is 0 Å². The number of anilines is 1. The molecule has 0 bridgehead atoms. The average molecular weight is 288 g/mol. The molecule has 112 valence electrons. The van der Waals surface area contributed by atoms with Crippen molar-refractivity contribution in [3.63, 3.8) is 0 Å². The second-order valence-electron chi connectivity index (χ2n) is 5.24. The number of rotatable bonds is 6. The zero-order chi connectivity index (χ0) is 15.4. The van der Waals surface area contributed by atoms with Gasteiger partial charge in [0, 0.05) is 30.9 Å². The quantitative estimate of drug-likeness (QED) is 0.885. The molecule has 1 heterocycles. The predicted octanol–water partition coefficient (Wildman–Crippen LogP) is 2.93. The molecular formula is C16H20N2O3. The third-order valence-electron chi connectivity index (χ3n) is 3.13. The Morgan fingerprint density at radius 3 is 2.81 bits per heavy atom. The van der Waals surface area contributed by atoms with Crippen molar-refractivity contribution in [1.82, 2.24) is 4.98 Å². The Labute approximate surface area is 124 Å². The lowest BCUT2D eigenvalue weighted by molar-refractivity contribution is -0.136. The maximum atomic E-state index is 10.7. The second-order valence-corrected chi connectivity index (χ2v) is 5.24. The van der Waals surface area contributed by atoms with Crippen LogP contribution in [-0.2, 0) is 4.79 Å². The minimum Gasteiger partial charge on any atom is -0.491 e. The molecular weight excluding hydrogens is 268 g/mol. The number of fused-ring (bicyclic) bond motifs is 1. The number of pyridine rings is 1. The Bertz CT molecular complexity index is 640. The third kappa shape index (κ3) is 3.84. The Hall–Kier alpha value is -2.30. The van der Waals surface area contributed by atoms with Crippen LogP contribution in [0.25, 0.3) is 10.9 Å². The first-order valence-corrected chi connectivity index (χ1v) is 6.95. The molecule has 1 aromatic heterocycles. The summed E-state index contributed by atoms with van der Waals surface area (Å²) in [5.41, 5.74) is 1.82. The molecule has 0 saturated carbocycles. The number of carboxylic acids is 1. The molecule has 2 aromatic rings. The van der Waals surface area contributed by atoms with Crippen molar-refractivity contribution in [3.05, 3.63) is 30.5 Å². The topological polar surface area (TPSA) is 62.7 Å². The maximum Gasteiger partial charge on any atom is 0.305 e. The predicted molar refractivity (Wildman–Crippen MR) is 83.0 cm³/mol. The zero-order valence-electron chi connectivity index (χ0n) is 12.5. The molecule has 0 spiro atoms. The van der Waals surface area contributed by atoms with Gasteiger partial charge in [-0.2, -0.15) is 0 Å². The van der Waals surface area contributed by atoms with Crippen molar-refractivity contribution < 1.29 is 14.6 Å². The van der Waals surface area contributed by atoms with E-state index in [0.717, 1.165) is 22.3 Å². The molecule has 0 fully saturated rings. The van der Waals surface area contributed by atoms with Crippen LogP contribution in [0.5, 0.6) is 5.75 Å². The maximum absolute atomic E-state index is 10.7. The lowest BCUT2D eigenvalue weighted by Crippen LogP contribution is -2.21. The summed E-state index contributed by atoms with van der Waals surface area (Å²) in [7, 11) is 1.88. The molecule has 0 radical (unpaired) electrons. The lowest BCUT2D eigenvalue weighted by Gasteiger charge is -2.20. The third-order valence-corrected chi connectivity index (χ3v) is 3.13. The number of ether oxygens (including phenoxy) is 1. The normalized spacial score (nSPS) is 10.9. The van der Waals surface area contributed by atoms with Crippen molar-refractivity contribution in [2.24, 2.45) is 0 Å². The molecule has 0 saturated heterocycles. The van der Waals surface area contributed by atoms with E-state index < -0.39 is 5.97 Å². The first-order chi connectivity index (χ1) is 9.97. The molecule has 1 N–H and O–H groups in total. The number of carbonyl (C=O) groups is 1. The Morgan fingerprint density at radius 2 is 2.14 bits per heavy atom. The van der Waals surface area contributed by atoms with Gasteiger partial charge in [0.15, 0.2) is 0 Å². The smallest absolute Gasteiger partial charge is 0.305 e. The van der Waals surface area contributed by atoms with E-state index in [9.17, 15) is 4.79 Å². The summed E-state index contributed by atoms with van der Waals surface area (Å²) in [6, 6.07) is 7.66. The Morgan fingerprint density at radius 1 is 1.38 bits per heavy atom. The van der Waals surface area contributed by atoms with Gasteiger partial charge >= 0.3 is 5.97 Å². The molecule has 0 aliphatic rings. The van der Waals surface area contributed by atoms with Crippen LogP contribution in [0, 0.1) is 0 Å². The van der Waals surface area contributed by atoms with Crippen LogP contribution in [0.2, 0.25) is 0 Å². The summed E-state index contributed by atoms with van der Waals surface area (Å²) in [5, 5.41) is 9.77. The van der Waals surface area contributed by atoms with Crippen molar-refractivity contribution >= 4 is 22.6 Å². The summed E-state index contributed by atoms with van der Waals surface area (Å²) in [6.45, 7) is 4.41. The van der Waals surface area contributed by atoms with Crippen LogP contribution in [0.1, 0.15) is 20.3 Å². The fraction of sp³-hybridized carbons (Fsp3) is 0.375. The summed E-state index contributed by atoms with van der Waals surface area (Å²) in [4.78, 5) is 17.0. The fourth-order valence-corrected chi connectivity index (χ4v) is 2.17. The largest absolute Gasteiger partial charge is 0.491 e. The van der Waals surface area contributed by atoms with Gasteiger partial charge in [-0.25, -0.2) is 0 Å². The van der Waals surface area contributed by atoms with Crippen LogP contribution in [-0.4, -0.2) is 35.8 Å². The van der Waals surface area contributed by atoms with Gasteiger partial charge in [0.1, 0.15) is 5.75 Å². The highest BCUT2D eigenvalue weighted by atomic mass is 16.5. The van der Waals surface area contributed by atoms with Gasteiger partial charge in [-0.05, 0) is 38.1 Å². The monoisotopic (exact) mass is 288 g/mol. The molecule has 5 heteroatoms. The van der Waals surface area contributed by atoms with Gasteiger partial charge in [-0.3, -0.25) is 9.78 Å². The van der Waals surface area contributed by atoms with Crippen molar-refractivity contribution in [2.45, 2.75) is 26.4 Å². The molecule has 0 unspecified atom stereocenters. The van der Waals surface area contributed by atoms with E-state index in [1.165, 1.54) is 0 Å². The summed E-state index contributed by atoms with van der Waals surface area (Å²) in [5.74, 6) is -0.0116. The molecule has 0 amide bonds. The molecule has 0 atom stereocenters. The summed E-state index contributed by atoms with van der Waals surface area (Å²) >= 11 is 0.